The number of amides is 2. The van der Waals surface area contributed by atoms with Gasteiger partial charge in [0.25, 0.3) is 0 Å². The normalized spacial score (nSPS) is 10.9. The van der Waals surface area contributed by atoms with Gasteiger partial charge in [-0.2, -0.15) is 5.10 Å². The summed E-state index contributed by atoms with van der Waals surface area (Å²) in [7, 11) is 0. The van der Waals surface area contributed by atoms with Gasteiger partial charge in [-0.25, -0.2) is 5.43 Å². The Balaban J connectivity index is 1.71. The third-order valence-corrected chi connectivity index (χ3v) is 5.46. The van der Waals surface area contributed by atoms with Gasteiger partial charge in [-0.05, 0) is 51.1 Å². The van der Waals surface area contributed by atoms with E-state index in [1.807, 2.05) is 43.5 Å². The van der Waals surface area contributed by atoms with E-state index in [0.29, 0.717) is 28.1 Å². The van der Waals surface area contributed by atoms with Crippen molar-refractivity contribution in [2.45, 2.75) is 20.8 Å². The quantitative estimate of drug-likeness (QED) is 0.304. The number of carbonyl (C=O) groups is 2. The van der Waals surface area contributed by atoms with E-state index >= 15 is 0 Å². The van der Waals surface area contributed by atoms with Crippen molar-refractivity contribution >= 4 is 46.9 Å². The van der Waals surface area contributed by atoms with Crippen LogP contribution in [0, 0.1) is 13.8 Å². The number of anilines is 1. The molecule has 0 aliphatic carbocycles. The third-order valence-electron chi connectivity index (χ3n) is 4.65. The van der Waals surface area contributed by atoms with Gasteiger partial charge >= 0.3 is 11.8 Å². The summed E-state index contributed by atoms with van der Waals surface area (Å²) in [4.78, 5) is 24.4. The summed E-state index contributed by atoms with van der Waals surface area (Å²) < 4.78 is 7.38. The van der Waals surface area contributed by atoms with Crippen LogP contribution in [0.4, 0.5) is 5.69 Å². The molecule has 0 fully saturated rings. The molecule has 166 valence electrons. The minimum absolute atomic E-state index is 0.403. The zero-order valence-corrected chi connectivity index (χ0v) is 19.3. The van der Waals surface area contributed by atoms with Crippen molar-refractivity contribution in [3.05, 3.63) is 75.5 Å². The first-order valence-electron chi connectivity index (χ1n) is 9.83. The number of aromatic nitrogens is 1. The smallest absolute Gasteiger partial charge is 0.329 e. The van der Waals surface area contributed by atoms with Crippen molar-refractivity contribution < 1.29 is 14.3 Å². The van der Waals surface area contributed by atoms with Gasteiger partial charge in [0.1, 0.15) is 5.75 Å². The molecule has 1 heterocycles. The first-order valence-corrected chi connectivity index (χ1v) is 10.6. The van der Waals surface area contributed by atoms with Crippen LogP contribution in [-0.4, -0.2) is 29.2 Å². The lowest BCUT2D eigenvalue weighted by atomic mass is 10.2. The minimum Gasteiger partial charge on any atom is -0.492 e. The van der Waals surface area contributed by atoms with E-state index in [-0.39, 0.29) is 0 Å². The van der Waals surface area contributed by atoms with Crippen LogP contribution < -0.4 is 15.5 Å². The van der Waals surface area contributed by atoms with E-state index in [1.54, 1.807) is 30.3 Å². The number of ether oxygens (including phenoxy) is 1. The maximum atomic E-state index is 12.2. The molecule has 1 aromatic heterocycles. The van der Waals surface area contributed by atoms with Gasteiger partial charge < -0.3 is 14.6 Å². The van der Waals surface area contributed by atoms with Crippen LogP contribution in [0.15, 0.2) is 53.6 Å². The van der Waals surface area contributed by atoms with Crippen molar-refractivity contribution in [1.29, 1.82) is 0 Å². The topological polar surface area (TPSA) is 84.7 Å². The monoisotopic (exact) mass is 472 g/mol. The molecule has 0 saturated heterocycles. The number of benzene rings is 2. The van der Waals surface area contributed by atoms with Gasteiger partial charge in [0.05, 0.1) is 34.2 Å². The summed E-state index contributed by atoms with van der Waals surface area (Å²) in [5.41, 5.74) is 5.89. The van der Waals surface area contributed by atoms with E-state index in [2.05, 4.69) is 15.8 Å². The standard InChI is InChI=1S/C23H22Cl2N4O3/c1-4-32-20-11-6-5-9-18(20)27-22(30)23(31)28-26-13-16-12-14(2)29(15(16)3)19-10-7-8-17(24)21(19)25/h5-13H,4H2,1-3H3,(H,27,30)(H,28,31)/b26-13-. The fraction of sp³-hybridized carbons (Fsp3) is 0.174. The number of hydrogen-bond donors (Lipinski definition) is 2. The summed E-state index contributed by atoms with van der Waals surface area (Å²) in [6.07, 6.45) is 1.47. The second kappa shape index (κ2) is 10.3. The molecule has 0 aliphatic rings. The molecule has 2 amide bonds. The Morgan fingerprint density at radius 1 is 1.09 bits per heavy atom. The predicted molar refractivity (Wildman–Crippen MR) is 127 cm³/mol. The van der Waals surface area contributed by atoms with Crippen LogP contribution >= 0.6 is 23.2 Å². The van der Waals surface area contributed by atoms with Crippen molar-refractivity contribution in [3.63, 3.8) is 0 Å². The predicted octanol–water partition coefficient (Wildman–Crippen LogP) is 4.89. The largest absolute Gasteiger partial charge is 0.492 e. The molecule has 0 aliphatic heterocycles. The number of halogens is 2. The number of rotatable bonds is 6. The molecule has 0 spiro atoms. The number of nitrogens with one attached hydrogen (secondary N) is 2. The van der Waals surface area contributed by atoms with Crippen LogP contribution in [0.25, 0.3) is 5.69 Å². The minimum atomic E-state index is -0.903. The van der Waals surface area contributed by atoms with Gasteiger partial charge in [0, 0.05) is 17.0 Å². The highest BCUT2D eigenvalue weighted by Crippen LogP contribution is 2.31. The second-order valence-electron chi connectivity index (χ2n) is 6.82. The molecule has 2 aromatic carbocycles. The first-order chi connectivity index (χ1) is 15.3. The van der Waals surface area contributed by atoms with Crippen molar-refractivity contribution in [1.82, 2.24) is 9.99 Å². The molecule has 0 unspecified atom stereocenters. The Morgan fingerprint density at radius 3 is 2.59 bits per heavy atom. The second-order valence-corrected chi connectivity index (χ2v) is 7.60. The number of hydrogen-bond acceptors (Lipinski definition) is 4. The molecule has 3 rings (SSSR count). The molecule has 0 atom stereocenters. The van der Waals surface area contributed by atoms with Gasteiger partial charge in [-0.15, -0.1) is 0 Å². The maximum Gasteiger partial charge on any atom is 0.329 e. The van der Waals surface area contributed by atoms with E-state index in [1.165, 1.54) is 6.21 Å². The van der Waals surface area contributed by atoms with Crippen molar-refractivity contribution in [2.24, 2.45) is 5.10 Å². The number of aryl methyl sites for hydroxylation is 1. The van der Waals surface area contributed by atoms with Crippen LogP contribution in [0.5, 0.6) is 5.75 Å². The van der Waals surface area contributed by atoms with Crippen LogP contribution in [-0.2, 0) is 9.59 Å². The molecule has 0 radical (unpaired) electrons. The number of nitrogens with zero attached hydrogens (tertiary/aromatic N) is 2. The molecule has 0 bridgehead atoms. The van der Waals surface area contributed by atoms with E-state index in [4.69, 9.17) is 27.9 Å². The van der Waals surface area contributed by atoms with E-state index in [0.717, 1.165) is 22.6 Å². The molecule has 2 N–H and O–H groups in total. The Bertz CT molecular complexity index is 1190. The molecule has 0 saturated carbocycles. The summed E-state index contributed by atoms with van der Waals surface area (Å²) in [6, 6.07) is 14.2. The highest BCUT2D eigenvalue weighted by Gasteiger charge is 2.16. The molecular weight excluding hydrogens is 451 g/mol. The summed E-state index contributed by atoms with van der Waals surface area (Å²) in [6.45, 7) is 6.08. The Morgan fingerprint density at radius 2 is 1.84 bits per heavy atom. The van der Waals surface area contributed by atoms with Crippen molar-refractivity contribution in [3.8, 4) is 11.4 Å². The molecule has 9 heteroatoms. The number of hydrazone groups is 1. The number of carbonyl (C=O) groups excluding carboxylic acids is 2. The summed E-state index contributed by atoms with van der Waals surface area (Å²) >= 11 is 12.5. The molecule has 7 nitrogen and oxygen atoms in total. The van der Waals surface area contributed by atoms with Gasteiger partial charge in [0.15, 0.2) is 0 Å². The zero-order valence-electron chi connectivity index (χ0n) is 17.8. The molecular formula is C23H22Cl2N4O3. The Labute approximate surface area is 196 Å². The van der Waals surface area contributed by atoms with Crippen LogP contribution in [0.1, 0.15) is 23.9 Å². The number of para-hydroxylation sites is 2. The van der Waals surface area contributed by atoms with Crippen molar-refractivity contribution in [2.75, 3.05) is 11.9 Å². The lowest BCUT2D eigenvalue weighted by Crippen LogP contribution is -2.32. The Kier molecular flexibility index (Phi) is 7.56. The SMILES string of the molecule is CCOc1ccccc1NC(=O)C(=O)N/N=C\c1cc(C)n(-c2cccc(Cl)c2Cl)c1C. The summed E-state index contributed by atoms with van der Waals surface area (Å²) in [5.74, 6) is -1.28. The highest BCUT2D eigenvalue weighted by atomic mass is 35.5. The van der Waals surface area contributed by atoms with E-state index in [9.17, 15) is 9.59 Å². The van der Waals surface area contributed by atoms with Crippen LogP contribution in [0.3, 0.4) is 0 Å². The van der Waals surface area contributed by atoms with Crippen LogP contribution in [0.2, 0.25) is 10.0 Å². The average Bonchev–Trinajstić information content (AvgIpc) is 3.04. The average molecular weight is 473 g/mol. The fourth-order valence-electron chi connectivity index (χ4n) is 3.20. The van der Waals surface area contributed by atoms with Gasteiger partial charge in [-0.3, -0.25) is 9.59 Å². The fourth-order valence-corrected chi connectivity index (χ4v) is 3.58. The maximum absolute atomic E-state index is 12.2. The lowest BCUT2D eigenvalue weighted by Gasteiger charge is -2.12. The lowest BCUT2D eigenvalue weighted by molar-refractivity contribution is -0.136. The molecule has 32 heavy (non-hydrogen) atoms. The first kappa shape index (κ1) is 23.4. The van der Waals surface area contributed by atoms with E-state index < -0.39 is 11.8 Å². The zero-order chi connectivity index (χ0) is 23.3. The molecule has 3 aromatic rings. The van der Waals surface area contributed by atoms with Gasteiger partial charge in [-0.1, -0.05) is 41.4 Å². The van der Waals surface area contributed by atoms with Gasteiger partial charge in [0.2, 0.25) is 0 Å². The summed E-state index contributed by atoms with van der Waals surface area (Å²) in [5, 5.41) is 7.34. The third kappa shape index (κ3) is 5.12. The Hall–Kier alpha value is -3.29. The highest BCUT2D eigenvalue weighted by molar-refractivity contribution is 6.43.